The van der Waals surface area contributed by atoms with Crippen LogP contribution in [0.25, 0.3) is 22.2 Å². The van der Waals surface area contributed by atoms with Crippen LogP contribution in [0, 0.1) is 0 Å². The minimum absolute atomic E-state index is 0.0605. The second-order valence-corrected chi connectivity index (χ2v) is 10.3. The predicted molar refractivity (Wildman–Crippen MR) is 131 cm³/mol. The molecular weight excluding hydrogens is 452 g/mol. The van der Waals surface area contributed by atoms with Crippen LogP contribution in [-0.2, 0) is 23.0 Å². The molecule has 0 atom stereocenters. The summed E-state index contributed by atoms with van der Waals surface area (Å²) >= 11 is 0. The van der Waals surface area contributed by atoms with E-state index >= 15 is 0 Å². The maximum Gasteiger partial charge on any atom is 0.257 e. The molecule has 1 aliphatic carbocycles. The Kier molecular flexibility index (Phi) is 5.70. The van der Waals surface area contributed by atoms with Crippen molar-refractivity contribution < 1.29 is 13.2 Å². The largest absolute Gasteiger partial charge is 0.384 e. The number of benzene rings is 2. The van der Waals surface area contributed by atoms with Gasteiger partial charge in [0.1, 0.15) is 16.9 Å². The highest BCUT2D eigenvalue weighted by Crippen LogP contribution is 2.29. The molecule has 4 aromatic rings. The molecule has 5 N–H and O–H groups in total. The highest BCUT2D eigenvalue weighted by atomic mass is 32.2. The van der Waals surface area contributed by atoms with Crippen LogP contribution in [0.2, 0.25) is 0 Å². The smallest absolute Gasteiger partial charge is 0.257 e. The Labute approximate surface area is 197 Å². The average molecular weight is 479 g/mol. The van der Waals surface area contributed by atoms with E-state index in [9.17, 15) is 13.2 Å². The number of anilines is 1. The number of aromatic nitrogens is 3. The molecule has 9 nitrogen and oxygen atoms in total. The topological polar surface area (TPSA) is 146 Å². The fourth-order valence-corrected chi connectivity index (χ4v) is 5.10. The fraction of sp³-hybridized carbons (Fsp3) is 0.292. The third-order valence-corrected chi connectivity index (χ3v) is 7.31. The summed E-state index contributed by atoms with van der Waals surface area (Å²) in [5, 5.41) is 8.30. The number of nitrogens with two attached hydrogens (primary N) is 2. The number of sulfonamides is 1. The zero-order chi connectivity index (χ0) is 23.9. The summed E-state index contributed by atoms with van der Waals surface area (Å²) in [4.78, 5) is 22.8. The Morgan fingerprint density at radius 1 is 1.03 bits per heavy atom. The molecule has 1 aliphatic rings. The highest BCUT2D eigenvalue weighted by Gasteiger charge is 2.26. The van der Waals surface area contributed by atoms with Crippen LogP contribution < -0.4 is 16.2 Å². The van der Waals surface area contributed by atoms with Crippen LogP contribution in [0.5, 0.6) is 0 Å². The molecule has 0 saturated heterocycles. The number of nitrogens with zero attached hydrogens (tertiary/aromatic N) is 3. The first-order chi connectivity index (χ1) is 16.3. The maximum absolute atomic E-state index is 13.2. The van der Waals surface area contributed by atoms with Gasteiger partial charge in [-0.3, -0.25) is 4.79 Å². The Morgan fingerprint density at radius 2 is 1.68 bits per heavy atom. The molecule has 0 bridgehead atoms. The molecule has 0 unspecified atom stereocenters. The van der Waals surface area contributed by atoms with Gasteiger partial charge in [0.25, 0.3) is 5.91 Å². The number of nitrogen functional groups attached to an aromatic ring is 1. The zero-order valence-electron chi connectivity index (χ0n) is 18.6. The number of primary sulfonamides is 1. The first kappa shape index (κ1) is 22.3. The summed E-state index contributed by atoms with van der Waals surface area (Å²) in [6.07, 6.45) is 4.70. The number of nitrogens with one attached hydrogen (secondary N) is 1. The average Bonchev–Trinajstić information content (AvgIpc) is 3.41. The van der Waals surface area contributed by atoms with Gasteiger partial charge in [0.15, 0.2) is 5.65 Å². The minimum Gasteiger partial charge on any atom is -0.384 e. The van der Waals surface area contributed by atoms with Gasteiger partial charge in [-0.25, -0.2) is 23.5 Å². The molecule has 2 aromatic carbocycles. The Hall–Kier alpha value is -3.50. The van der Waals surface area contributed by atoms with Gasteiger partial charge in [-0.1, -0.05) is 37.1 Å². The lowest BCUT2D eigenvalue weighted by Gasteiger charge is -2.12. The normalized spacial score (nSPS) is 14.7. The van der Waals surface area contributed by atoms with Crippen LogP contribution in [0.4, 0.5) is 5.82 Å². The van der Waals surface area contributed by atoms with Gasteiger partial charge in [0.2, 0.25) is 10.0 Å². The number of para-hydroxylation sites is 2. The van der Waals surface area contributed by atoms with Crippen LogP contribution in [0.3, 0.4) is 0 Å². The molecule has 2 heterocycles. The van der Waals surface area contributed by atoms with E-state index in [0.717, 1.165) is 31.2 Å². The predicted octanol–water partition coefficient (Wildman–Crippen LogP) is 2.73. The summed E-state index contributed by atoms with van der Waals surface area (Å²) in [5.41, 5.74) is 10.2. The van der Waals surface area contributed by atoms with E-state index in [1.165, 1.54) is 12.1 Å². The van der Waals surface area contributed by atoms with Gasteiger partial charge in [-0.05, 0) is 49.1 Å². The number of aryl methyl sites for hydroxylation is 2. The third-order valence-electron chi connectivity index (χ3n) is 6.38. The Balaban J connectivity index is 1.53. The van der Waals surface area contributed by atoms with E-state index in [2.05, 4.69) is 5.32 Å². The van der Waals surface area contributed by atoms with Crippen molar-refractivity contribution in [3.05, 3.63) is 59.7 Å². The number of rotatable bonds is 6. The monoisotopic (exact) mass is 478 g/mol. The number of fused-ring (bicyclic) bond motifs is 2. The van der Waals surface area contributed by atoms with Crippen LogP contribution in [0.1, 0.15) is 41.6 Å². The van der Waals surface area contributed by atoms with Gasteiger partial charge in [0.05, 0.1) is 15.9 Å². The molecule has 5 rings (SSSR count). The van der Waals surface area contributed by atoms with Crippen molar-refractivity contribution in [2.75, 3.05) is 5.73 Å². The summed E-state index contributed by atoms with van der Waals surface area (Å²) in [7, 11) is -3.75. The van der Waals surface area contributed by atoms with E-state index in [1.54, 1.807) is 12.1 Å². The maximum atomic E-state index is 13.2. The summed E-state index contributed by atoms with van der Waals surface area (Å²) in [5.74, 6) is 0.0946. The number of hydrogen-bond donors (Lipinski definition) is 3. The molecule has 0 spiro atoms. The number of carbonyl (C=O) groups excluding carboxylic acids is 1. The SMILES string of the molecule is Nc1c(C(=O)NC2CCCC2)c2nc3ccccc3nc2n1CCc1ccc(S(N)(=O)=O)cc1. The van der Waals surface area contributed by atoms with E-state index in [4.69, 9.17) is 20.8 Å². The molecule has 0 radical (unpaired) electrons. The lowest BCUT2D eigenvalue weighted by Crippen LogP contribution is -2.33. The third kappa shape index (κ3) is 4.22. The van der Waals surface area contributed by atoms with Crippen molar-refractivity contribution in [1.29, 1.82) is 0 Å². The van der Waals surface area contributed by atoms with Crippen molar-refractivity contribution in [3.63, 3.8) is 0 Å². The second kappa shape index (κ2) is 8.69. The molecule has 1 amide bonds. The zero-order valence-corrected chi connectivity index (χ0v) is 19.4. The molecule has 176 valence electrons. The van der Waals surface area contributed by atoms with Crippen LogP contribution >= 0.6 is 0 Å². The van der Waals surface area contributed by atoms with Crippen LogP contribution in [0.15, 0.2) is 53.4 Å². The Morgan fingerprint density at radius 3 is 2.32 bits per heavy atom. The molecule has 1 fully saturated rings. The molecule has 10 heteroatoms. The molecule has 2 aromatic heterocycles. The van der Waals surface area contributed by atoms with Crippen molar-refractivity contribution >= 4 is 43.9 Å². The van der Waals surface area contributed by atoms with Crippen molar-refractivity contribution in [2.24, 2.45) is 5.14 Å². The molecule has 0 aliphatic heterocycles. The van der Waals surface area contributed by atoms with E-state index in [-0.39, 0.29) is 16.8 Å². The first-order valence-corrected chi connectivity index (χ1v) is 12.8. The minimum atomic E-state index is -3.75. The standard InChI is InChI=1S/C24H26N6O3S/c25-22-20(24(31)27-16-5-1-2-6-16)21-23(29-19-8-4-3-7-18(19)28-21)30(22)14-13-15-9-11-17(12-10-15)34(26,32)33/h3-4,7-12,16H,1-2,5-6,13-14,25H2,(H,27,31)(H2,26,32,33). The van der Waals surface area contributed by atoms with Crippen molar-refractivity contribution in [3.8, 4) is 0 Å². The number of hydrogen-bond acceptors (Lipinski definition) is 6. The molecule has 34 heavy (non-hydrogen) atoms. The Bertz CT molecular complexity index is 1490. The van der Waals surface area contributed by atoms with E-state index in [0.29, 0.717) is 46.5 Å². The fourth-order valence-electron chi connectivity index (χ4n) is 4.58. The van der Waals surface area contributed by atoms with Crippen LogP contribution in [-0.4, -0.2) is 34.9 Å². The lowest BCUT2D eigenvalue weighted by atomic mass is 10.1. The van der Waals surface area contributed by atoms with Crippen molar-refractivity contribution in [1.82, 2.24) is 19.9 Å². The first-order valence-electron chi connectivity index (χ1n) is 11.3. The molecular formula is C24H26N6O3S. The van der Waals surface area contributed by atoms with Gasteiger partial charge >= 0.3 is 0 Å². The molecule has 1 saturated carbocycles. The summed E-state index contributed by atoms with van der Waals surface area (Å²) < 4.78 is 24.8. The highest BCUT2D eigenvalue weighted by molar-refractivity contribution is 7.89. The van der Waals surface area contributed by atoms with Gasteiger partial charge < -0.3 is 15.6 Å². The summed E-state index contributed by atoms with van der Waals surface area (Å²) in [6.45, 7) is 0.445. The van der Waals surface area contributed by atoms with Gasteiger partial charge in [0, 0.05) is 12.6 Å². The second-order valence-electron chi connectivity index (χ2n) is 8.69. The quantitative estimate of drug-likeness (QED) is 0.388. The van der Waals surface area contributed by atoms with Crippen molar-refractivity contribution in [2.45, 2.75) is 49.6 Å². The van der Waals surface area contributed by atoms with Gasteiger partial charge in [-0.15, -0.1) is 0 Å². The number of amides is 1. The van der Waals surface area contributed by atoms with E-state index < -0.39 is 10.0 Å². The van der Waals surface area contributed by atoms with Gasteiger partial charge in [-0.2, -0.15) is 0 Å². The summed E-state index contributed by atoms with van der Waals surface area (Å²) in [6, 6.07) is 14.1. The van der Waals surface area contributed by atoms with E-state index in [1.807, 2.05) is 28.8 Å². The lowest BCUT2D eigenvalue weighted by molar-refractivity contribution is 0.0940. The number of carbonyl (C=O) groups is 1.